The van der Waals surface area contributed by atoms with E-state index in [4.69, 9.17) is 4.98 Å². The average molecular weight is 433 g/mol. The highest BCUT2D eigenvalue weighted by Crippen LogP contribution is 2.39. The van der Waals surface area contributed by atoms with Gasteiger partial charge in [-0.05, 0) is 30.7 Å². The van der Waals surface area contributed by atoms with E-state index in [0.29, 0.717) is 17.5 Å². The van der Waals surface area contributed by atoms with Crippen LogP contribution < -0.4 is 10.9 Å². The smallest absolute Gasteiger partial charge is 0.248 e. The summed E-state index contributed by atoms with van der Waals surface area (Å²) in [4.78, 5) is 30.7. The zero-order chi connectivity index (χ0) is 20.5. The van der Waals surface area contributed by atoms with Crippen molar-refractivity contribution in [2.24, 2.45) is 5.92 Å². The number of hydrogen-bond donors (Lipinski definition) is 2. The van der Waals surface area contributed by atoms with Crippen LogP contribution in [0.25, 0.3) is 15.9 Å². The zero-order valence-electron chi connectivity index (χ0n) is 16.7. The molecule has 2 amide bonds. The van der Waals surface area contributed by atoms with Gasteiger partial charge in [-0.15, -0.1) is 21.5 Å². The first-order valence-electron chi connectivity index (χ1n) is 9.90. The van der Waals surface area contributed by atoms with Crippen molar-refractivity contribution in [3.8, 4) is 0 Å². The van der Waals surface area contributed by atoms with Crippen molar-refractivity contribution in [2.45, 2.75) is 58.0 Å². The summed E-state index contributed by atoms with van der Waals surface area (Å²) in [6.07, 6.45) is 4.39. The third-order valence-electron chi connectivity index (χ3n) is 5.15. The molecule has 0 saturated carbocycles. The number of carbonyl (C=O) groups is 2. The molecule has 3 heterocycles. The molecule has 2 N–H and O–H groups in total. The van der Waals surface area contributed by atoms with Crippen LogP contribution in [0, 0.1) is 5.92 Å². The number of fused-ring (bicyclic) bond motifs is 5. The summed E-state index contributed by atoms with van der Waals surface area (Å²) in [5, 5.41) is 10.6. The van der Waals surface area contributed by atoms with Gasteiger partial charge < -0.3 is 0 Å². The molecular weight excluding hydrogens is 408 g/mol. The van der Waals surface area contributed by atoms with E-state index >= 15 is 0 Å². The number of nitrogens with zero attached hydrogens (tertiary/aromatic N) is 4. The highest BCUT2D eigenvalue weighted by Gasteiger charge is 2.25. The molecule has 8 nitrogen and oxygen atoms in total. The quantitative estimate of drug-likeness (QED) is 0.475. The van der Waals surface area contributed by atoms with Crippen LogP contribution in [0.5, 0.6) is 0 Å². The Kier molecular flexibility index (Phi) is 5.73. The molecular formula is C19H24N6O2S2. The fourth-order valence-corrected chi connectivity index (χ4v) is 5.75. The monoisotopic (exact) mass is 432 g/mol. The first-order valence-corrected chi connectivity index (χ1v) is 11.7. The highest BCUT2D eigenvalue weighted by molar-refractivity contribution is 7.99. The molecule has 154 valence electrons. The Morgan fingerprint density at radius 3 is 2.79 bits per heavy atom. The number of thioether (sulfide) groups is 1. The Balaban J connectivity index is 1.65. The van der Waals surface area contributed by atoms with Crippen LogP contribution in [0.15, 0.2) is 5.16 Å². The molecule has 0 unspecified atom stereocenters. The van der Waals surface area contributed by atoms with Crippen molar-refractivity contribution < 1.29 is 9.59 Å². The summed E-state index contributed by atoms with van der Waals surface area (Å²) in [7, 11) is 0. The number of aryl methyl sites for hydroxylation is 2. The minimum atomic E-state index is -0.289. The van der Waals surface area contributed by atoms with Gasteiger partial charge in [0.1, 0.15) is 10.7 Å². The average Bonchev–Trinajstić information content (AvgIpc) is 3.29. The van der Waals surface area contributed by atoms with E-state index in [0.717, 1.165) is 41.0 Å². The first-order chi connectivity index (χ1) is 14.0. The van der Waals surface area contributed by atoms with Crippen LogP contribution in [-0.2, 0) is 28.9 Å². The number of aromatic nitrogens is 4. The van der Waals surface area contributed by atoms with E-state index in [9.17, 15) is 9.59 Å². The molecule has 0 fully saturated rings. The van der Waals surface area contributed by atoms with Gasteiger partial charge in [-0.3, -0.25) is 24.8 Å². The molecule has 0 saturated heterocycles. The number of carbonyl (C=O) groups excluding carboxylic acids is 2. The summed E-state index contributed by atoms with van der Waals surface area (Å²) < 4.78 is 1.98. The summed E-state index contributed by atoms with van der Waals surface area (Å²) >= 11 is 3.08. The van der Waals surface area contributed by atoms with Crippen LogP contribution in [-0.4, -0.2) is 37.1 Å². The summed E-state index contributed by atoms with van der Waals surface area (Å²) in [5.41, 5.74) is 6.99. The molecule has 1 atom stereocenters. The van der Waals surface area contributed by atoms with Gasteiger partial charge in [-0.25, -0.2) is 4.98 Å². The molecule has 0 aromatic carbocycles. The molecule has 0 aliphatic heterocycles. The van der Waals surface area contributed by atoms with Crippen LogP contribution in [0.2, 0.25) is 0 Å². The maximum Gasteiger partial charge on any atom is 0.248 e. The normalized spacial score (nSPS) is 16.2. The minimum absolute atomic E-state index is 0.130. The number of thiophene rings is 1. The van der Waals surface area contributed by atoms with Crippen molar-refractivity contribution in [3.05, 3.63) is 16.3 Å². The lowest BCUT2D eigenvalue weighted by molar-refractivity contribution is -0.127. The van der Waals surface area contributed by atoms with Gasteiger partial charge in [0.05, 0.1) is 11.1 Å². The summed E-state index contributed by atoms with van der Waals surface area (Å²) in [5.74, 6) is 1.21. The lowest BCUT2D eigenvalue weighted by atomic mass is 9.89. The molecule has 3 aromatic heterocycles. The van der Waals surface area contributed by atoms with Crippen LogP contribution in [0.3, 0.4) is 0 Å². The molecule has 0 bridgehead atoms. The lowest BCUT2D eigenvalue weighted by Gasteiger charge is -2.17. The van der Waals surface area contributed by atoms with Crippen molar-refractivity contribution in [2.75, 3.05) is 5.75 Å². The molecule has 1 aliphatic rings. The second-order valence-corrected chi connectivity index (χ2v) is 9.32. The van der Waals surface area contributed by atoms with E-state index in [1.54, 1.807) is 18.3 Å². The predicted molar refractivity (Wildman–Crippen MR) is 114 cm³/mol. The van der Waals surface area contributed by atoms with E-state index in [2.05, 4.69) is 34.9 Å². The van der Waals surface area contributed by atoms with Crippen LogP contribution in [0.1, 0.15) is 49.9 Å². The Morgan fingerprint density at radius 1 is 1.24 bits per heavy atom. The van der Waals surface area contributed by atoms with Gasteiger partial charge in [-0.2, -0.15) is 0 Å². The summed E-state index contributed by atoms with van der Waals surface area (Å²) in [6, 6.07) is 0. The van der Waals surface area contributed by atoms with Crippen LogP contribution in [0.4, 0.5) is 0 Å². The molecule has 29 heavy (non-hydrogen) atoms. The number of hydrazine groups is 1. The molecule has 10 heteroatoms. The van der Waals surface area contributed by atoms with Gasteiger partial charge in [0, 0.05) is 17.7 Å². The van der Waals surface area contributed by atoms with E-state index in [1.807, 2.05) is 4.40 Å². The molecule has 1 aliphatic carbocycles. The first kappa shape index (κ1) is 20.1. The highest BCUT2D eigenvalue weighted by atomic mass is 32.2. The Morgan fingerprint density at radius 2 is 2.03 bits per heavy atom. The van der Waals surface area contributed by atoms with Gasteiger partial charge in [0.15, 0.2) is 10.8 Å². The Labute approximate surface area is 176 Å². The van der Waals surface area contributed by atoms with E-state index in [-0.39, 0.29) is 17.6 Å². The minimum Gasteiger partial charge on any atom is -0.273 e. The molecule has 0 radical (unpaired) electrons. The second-order valence-electron chi connectivity index (χ2n) is 7.29. The van der Waals surface area contributed by atoms with Crippen molar-refractivity contribution in [1.29, 1.82) is 0 Å². The topological polar surface area (TPSA) is 101 Å². The number of hydrogen-bond acceptors (Lipinski definition) is 7. The Bertz CT molecular complexity index is 1090. The van der Waals surface area contributed by atoms with Gasteiger partial charge in [0.2, 0.25) is 11.8 Å². The predicted octanol–water partition coefficient (Wildman–Crippen LogP) is 2.68. The fraction of sp³-hybridized carbons (Fsp3) is 0.526. The van der Waals surface area contributed by atoms with Crippen LogP contribution >= 0.6 is 23.1 Å². The lowest BCUT2D eigenvalue weighted by Crippen LogP contribution is -2.42. The fourth-order valence-electron chi connectivity index (χ4n) is 3.60. The zero-order valence-corrected chi connectivity index (χ0v) is 18.4. The maximum atomic E-state index is 12.0. The molecule has 3 aromatic rings. The number of nitrogens with one attached hydrogen (secondary N) is 2. The number of rotatable bonds is 5. The second kappa shape index (κ2) is 8.27. The van der Waals surface area contributed by atoms with Crippen molar-refractivity contribution in [1.82, 2.24) is 30.4 Å². The third kappa shape index (κ3) is 3.83. The third-order valence-corrected chi connectivity index (χ3v) is 7.23. The van der Waals surface area contributed by atoms with Gasteiger partial charge in [-0.1, -0.05) is 32.5 Å². The molecule has 4 rings (SSSR count). The van der Waals surface area contributed by atoms with Gasteiger partial charge >= 0.3 is 0 Å². The van der Waals surface area contributed by atoms with E-state index in [1.165, 1.54) is 28.6 Å². The standard InChI is InChI=1S/C19H24N6O2S2/c1-4-13-20-18-16(11-7-6-10(3)8-12(11)29-18)17-23-24-19(25(13)17)28-9-15(27)22-21-14(26)5-2/h10H,4-9H2,1-3H3,(H,21,26)(H,22,27)/t10-/m1/s1. The van der Waals surface area contributed by atoms with Crippen molar-refractivity contribution in [3.63, 3.8) is 0 Å². The SMILES string of the molecule is CCC(=O)NNC(=O)CSc1nnc2c3c4c(sc3nc(CC)n12)C[C@H](C)CC4. The summed E-state index contributed by atoms with van der Waals surface area (Å²) in [6.45, 7) is 6.08. The number of amides is 2. The molecule has 0 spiro atoms. The van der Waals surface area contributed by atoms with E-state index < -0.39 is 0 Å². The van der Waals surface area contributed by atoms with Crippen molar-refractivity contribution >= 4 is 50.8 Å². The maximum absolute atomic E-state index is 12.0. The largest absolute Gasteiger partial charge is 0.273 e. The van der Waals surface area contributed by atoms with Gasteiger partial charge in [0.25, 0.3) is 0 Å². The Hall–Kier alpha value is -2.20.